The number of aromatic nitrogens is 2. The van der Waals surface area contributed by atoms with E-state index >= 15 is 0 Å². The van der Waals surface area contributed by atoms with E-state index < -0.39 is 5.60 Å². The molecule has 4 nitrogen and oxygen atoms in total. The van der Waals surface area contributed by atoms with Gasteiger partial charge in [-0.1, -0.05) is 19.1 Å². The van der Waals surface area contributed by atoms with Crippen molar-refractivity contribution in [1.82, 2.24) is 9.97 Å². The summed E-state index contributed by atoms with van der Waals surface area (Å²) in [5.41, 5.74) is 1.61. The molecule has 0 atom stereocenters. The second-order valence-electron chi connectivity index (χ2n) is 5.10. The summed E-state index contributed by atoms with van der Waals surface area (Å²) in [6.07, 6.45) is 2.39. The molecule has 1 aliphatic heterocycles. The molecule has 0 amide bonds. The molecule has 2 aromatic rings. The van der Waals surface area contributed by atoms with Crippen molar-refractivity contribution < 1.29 is 5.11 Å². The summed E-state index contributed by atoms with van der Waals surface area (Å²) in [7, 11) is 0. The normalized spacial score (nSPS) is 17.8. The zero-order chi connectivity index (χ0) is 12.8. The van der Waals surface area contributed by atoms with Gasteiger partial charge in [0.25, 0.3) is 0 Å². The number of hydrogen-bond donors (Lipinski definition) is 1. The number of hydrogen-bond acceptors (Lipinski definition) is 4. The molecule has 1 aromatic carbocycles. The molecule has 1 fully saturated rings. The summed E-state index contributed by atoms with van der Waals surface area (Å²) in [4.78, 5) is 10.8. The molecule has 1 saturated heterocycles. The van der Waals surface area contributed by atoms with E-state index in [1.807, 2.05) is 19.1 Å². The maximum Gasteiger partial charge on any atom is 0.140 e. The number of nitrogens with zero attached hydrogens (tertiary/aromatic N) is 3. The van der Waals surface area contributed by atoms with Crippen molar-refractivity contribution in [3.63, 3.8) is 0 Å². The fourth-order valence-electron chi connectivity index (χ4n) is 2.51. The molecule has 94 valence electrons. The zero-order valence-electron chi connectivity index (χ0n) is 10.7. The van der Waals surface area contributed by atoms with Crippen LogP contribution in [0.1, 0.15) is 18.9 Å². The average Bonchev–Trinajstić information content (AvgIpc) is 2.35. The van der Waals surface area contributed by atoms with Gasteiger partial charge in [0.1, 0.15) is 12.1 Å². The molecule has 0 aliphatic carbocycles. The van der Waals surface area contributed by atoms with E-state index in [9.17, 15) is 5.11 Å². The Balaban J connectivity index is 2.02. The first-order valence-corrected chi connectivity index (χ1v) is 6.31. The highest BCUT2D eigenvalue weighted by atomic mass is 16.3. The van der Waals surface area contributed by atoms with E-state index in [1.165, 1.54) is 0 Å². The number of benzene rings is 1. The maximum absolute atomic E-state index is 10.1. The van der Waals surface area contributed by atoms with Crippen LogP contribution in [0.3, 0.4) is 0 Å². The fraction of sp³-hybridized carbons (Fsp3) is 0.429. The molecule has 1 N–H and O–H groups in total. The first-order valence-electron chi connectivity index (χ1n) is 6.31. The number of aryl methyl sites for hydroxylation is 1. The van der Waals surface area contributed by atoms with Gasteiger partial charge >= 0.3 is 0 Å². The van der Waals surface area contributed by atoms with E-state index in [4.69, 9.17) is 0 Å². The zero-order valence-corrected chi connectivity index (χ0v) is 10.7. The number of para-hydroxylation sites is 1. The van der Waals surface area contributed by atoms with Crippen LogP contribution >= 0.6 is 0 Å². The van der Waals surface area contributed by atoms with Gasteiger partial charge in [-0.15, -0.1) is 0 Å². The minimum Gasteiger partial charge on any atom is -0.386 e. The molecule has 0 radical (unpaired) electrons. The van der Waals surface area contributed by atoms with Crippen LogP contribution in [0.15, 0.2) is 24.5 Å². The Morgan fingerprint density at radius 2 is 2.11 bits per heavy atom. The van der Waals surface area contributed by atoms with E-state index in [2.05, 4.69) is 27.9 Å². The summed E-state index contributed by atoms with van der Waals surface area (Å²) in [6, 6.07) is 6.12. The molecular formula is C14H17N3O. The van der Waals surface area contributed by atoms with Crippen molar-refractivity contribution in [2.45, 2.75) is 25.9 Å². The first kappa shape index (κ1) is 11.4. The lowest BCUT2D eigenvalue weighted by Gasteiger charge is -2.47. The van der Waals surface area contributed by atoms with Crippen molar-refractivity contribution in [2.24, 2.45) is 0 Å². The third kappa shape index (κ3) is 1.64. The minimum atomic E-state index is -0.541. The lowest BCUT2D eigenvalue weighted by molar-refractivity contribution is 0.00823. The molecule has 1 aliphatic rings. The van der Waals surface area contributed by atoms with E-state index in [-0.39, 0.29) is 0 Å². The van der Waals surface area contributed by atoms with Crippen molar-refractivity contribution in [1.29, 1.82) is 0 Å². The van der Waals surface area contributed by atoms with Crippen LogP contribution in [0.5, 0.6) is 0 Å². The van der Waals surface area contributed by atoms with E-state index in [0.717, 1.165) is 28.7 Å². The Morgan fingerprint density at radius 3 is 2.83 bits per heavy atom. The summed E-state index contributed by atoms with van der Waals surface area (Å²) < 4.78 is 0. The van der Waals surface area contributed by atoms with Crippen LogP contribution in [0.2, 0.25) is 0 Å². The second-order valence-corrected chi connectivity index (χ2v) is 5.10. The maximum atomic E-state index is 10.1. The Morgan fingerprint density at radius 1 is 1.33 bits per heavy atom. The molecule has 0 unspecified atom stereocenters. The van der Waals surface area contributed by atoms with Crippen LogP contribution in [-0.4, -0.2) is 33.8 Å². The minimum absolute atomic E-state index is 0.541. The Bertz CT molecular complexity index is 591. The molecular weight excluding hydrogens is 226 g/mol. The quantitative estimate of drug-likeness (QED) is 0.875. The lowest BCUT2D eigenvalue weighted by Crippen LogP contribution is -2.61. The summed E-state index contributed by atoms with van der Waals surface area (Å²) >= 11 is 0. The second kappa shape index (κ2) is 3.92. The predicted molar refractivity (Wildman–Crippen MR) is 71.7 cm³/mol. The van der Waals surface area contributed by atoms with Gasteiger partial charge < -0.3 is 10.0 Å². The van der Waals surface area contributed by atoms with Crippen LogP contribution in [0.25, 0.3) is 10.9 Å². The highest BCUT2D eigenvalue weighted by Gasteiger charge is 2.40. The third-order valence-electron chi connectivity index (χ3n) is 3.77. The van der Waals surface area contributed by atoms with E-state index in [0.29, 0.717) is 13.1 Å². The van der Waals surface area contributed by atoms with Gasteiger partial charge in [-0.25, -0.2) is 9.97 Å². The highest BCUT2D eigenvalue weighted by molar-refractivity contribution is 5.91. The number of anilines is 1. The molecule has 0 spiro atoms. The summed E-state index contributed by atoms with van der Waals surface area (Å²) in [6.45, 7) is 5.38. The van der Waals surface area contributed by atoms with Crippen molar-refractivity contribution >= 4 is 16.7 Å². The SMILES string of the molecule is CCC1(O)CN(c2ncnc3c(C)cccc23)C1. The van der Waals surface area contributed by atoms with Gasteiger partial charge in [0.05, 0.1) is 11.1 Å². The smallest absolute Gasteiger partial charge is 0.140 e. The van der Waals surface area contributed by atoms with Crippen LogP contribution in [0, 0.1) is 6.92 Å². The first-order chi connectivity index (χ1) is 8.63. The average molecular weight is 243 g/mol. The number of aliphatic hydroxyl groups is 1. The molecule has 2 heterocycles. The van der Waals surface area contributed by atoms with Gasteiger partial charge in [0, 0.05) is 18.5 Å². The summed E-state index contributed by atoms with van der Waals surface area (Å²) in [5, 5.41) is 11.2. The Hall–Kier alpha value is -1.68. The van der Waals surface area contributed by atoms with Gasteiger partial charge in [-0.05, 0) is 25.0 Å². The van der Waals surface area contributed by atoms with Crippen LogP contribution in [0.4, 0.5) is 5.82 Å². The van der Waals surface area contributed by atoms with Crippen LogP contribution < -0.4 is 4.90 Å². The third-order valence-corrected chi connectivity index (χ3v) is 3.77. The number of β-amino-alcohol motifs (C(OH)–C–C–N with tert-alkyl or cyclic N) is 1. The topological polar surface area (TPSA) is 49.2 Å². The molecule has 3 rings (SSSR count). The van der Waals surface area contributed by atoms with Gasteiger partial charge in [-0.2, -0.15) is 0 Å². The predicted octanol–water partition coefficient (Wildman–Crippen LogP) is 1.90. The molecule has 1 aromatic heterocycles. The fourth-order valence-corrected chi connectivity index (χ4v) is 2.51. The number of fused-ring (bicyclic) bond motifs is 1. The van der Waals surface area contributed by atoms with E-state index in [1.54, 1.807) is 6.33 Å². The largest absolute Gasteiger partial charge is 0.386 e. The molecule has 0 saturated carbocycles. The highest BCUT2D eigenvalue weighted by Crippen LogP contribution is 2.32. The van der Waals surface area contributed by atoms with Crippen LogP contribution in [-0.2, 0) is 0 Å². The summed E-state index contributed by atoms with van der Waals surface area (Å²) in [5.74, 6) is 0.932. The standard InChI is InChI=1S/C14H17N3O/c1-3-14(18)7-17(8-14)13-11-6-4-5-10(2)12(11)15-9-16-13/h4-6,9,18H,3,7-8H2,1-2H3. The molecule has 18 heavy (non-hydrogen) atoms. The van der Waals surface area contributed by atoms with Crippen molar-refractivity contribution in [3.05, 3.63) is 30.1 Å². The number of rotatable bonds is 2. The van der Waals surface area contributed by atoms with Crippen molar-refractivity contribution in [2.75, 3.05) is 18.0 Å². The van der Waals surface area contributed by atoms with Crippen molar-refractivity contribution in [3.8, 4) is 0 Å². The van der Waals surface area contributed by atoms with Gasteiger partial charge in [0.15, 0.2) is 0 Å². The Kier molecular flexibility index (Phi) is 2.48. The van der Waals surface area contributed by atoms with Gasteiger partial charge in [0.2, 0.25) is 0 Å². The Labute approximate surface area is 106 Å². The monoisotopic (exact) mass is 243 g/mol. The lowest BCUT2D eigenvalue weighted by atomic mass is 9.91. The molecule has 0 bridgehead atoms. The van der Waals surface area contributed by atoms with Gasteiger partial charge in [-0.3, -0.25) is 0 Å². The molecule has 4 heteroatoms.